The quantitative estimate of drug-likeness (QED) is 0.681. The van der Waals surface area contributed by atoms with Crippen molar-refractivity contribution in [1.29, 1.82) is 0 Å². The highest BCUT2D eigenvalue weighted by Gasteiger charge is 2.39. The third-order valence-electron chi connectivity index (χ3n) is 6.44. The van der Waals surface area contributed by atoms with E-state index in [-0.39, 0.29) is 24.3 Å². The van der Waals surface area contributed by atoms with Crippen LogP contribution in [0.1, 0.15) is 48.2 Å². The van der Waals surface area contributed by atoms with Crippen LogP contribution in [0.3, 0.4) is 0 Å². The number of carbonyl (C=O) groups is 3. The van der Waals surface area contributed by atoms with Crippen molar-refractivity contribution in [3.05, 3.63) is 53.2 Å². The summed E-state index contributed by atoms with van der Waals surface area (Å²) < 4.78 is 5.84. The van der Waals surface area contributed by atoms with Gasteiger partial charge < -0.3 is 9.64 Å². The number of hydrogen-bond donors (Lipinski definition) is 1. The van der Waals surface area contributed by atoms with Crippen LogP contribution in [-0.2, 0) is 27.4 Å². The molecule has 5 rings (SSSR count). The molecule has 0 radical (unpaired) electrons. The standard InChI is InChI=1S/C25H28N4O4/c1-15(2)33-19-13-28(14-19)11-16-7-8-26-21(9-16)17-3-4-20-18(10-17)12-29(25(20)32)22-5-6-23(30)27-24(22)31/h3-4,7-10,15,19,22H,5-6,11-14H2,1-2H3,(H,27,30,31). The molecule has 2 saturated heterocycles. The van der Waals surface area contributed by atoms with Crippen LogP contribution in [-0.4, -0.2) is 63.8 Å². The third kappa shape index (κ3) is 4.41. The first-order valence-electron chi connectivity index (χ1n) is 11.5. The predicted octanol–water partition coefficient (Wildman–Crippen LogP) is 2.12. The molecule has 1 unspecified atom stereocenters. The Morgan fingerprint density at radius 1 is 1.15 bits per heavy atom. The second-order valence-corrected chi connectivity index (χ2v) is 9.32. The molecule has 0 aliphatic carbocycles. The summed E-state index contributed by atoms with van der Waals surface area (Å²) in [6.07, 6.45) is 3.00. The highest BCUT2D eigenvalue weighted by Crippen LogP contribution is 2.31. The van der Waals surface area contributed by atoms with E-state index in [9.17, 15) is 14.4 Å². The zero-order chi connectivity index (χ0) is 23.1. The molecule has 3 aliphatic heterocycles. The normalized spacial score (nSPS) is 21.4. The van der Waals surface area contributed by atoms with Crippen LogP contribution in [0.4, 0.5) is 0 Å². The summed E-state index contributed by atoms with van der Waals surface area (Å²) in [6, 6.07) is 9.23. The lowest BCUT2D eigenvalue weighted by Gasteiger charge is -2.39. The number of benzene rings is 1. The van der Waals surface area contributed by atoms with Crippen LogP contribution < -0.4 is 5.32 Å². The molecule has 0 bridgehead atoms. The van der Waals surface area contributed by atoms with Gasteiger partial charge in [-0.2, -0.15) is 0 Å². The van der Waals surface area contributed by atoms with Crippen molar-refractivity contribution in [3.63, 3.8) is 0 Å². The number of likely N-dealkylation sites (tertiary alicyclic amines) is 1. The van der Waals surface area contributed by atoms with E-state index >= 15 is 0 Å². The minimum atomic E-state index is -0.604. The van der Waals surface area contributed by atoms with Gasteiger partial charge in [0.1, 0.15) is 6.04 Å². The third-order valence-corrected chi connectivity index (χ3v) is 6.44. The Morgan fingerprint density at radius 3 is 2.73 bits per heavy atom. The van der Waals surface area contributed by atoms with Gasteiger partial charge in [0.25, 0.3) is 5.91 Å². The molecule has 0 spiro atoms. The van der Waals surface area contributed by atoms with Gasteiger partial charge in [0.15, 0.2) is 0 Å². The maximum atomic E-state index is 12.9. The summed E-state index contributed by atoms with van der Waals surface area (Å²) >= 11 is 0. The number of amides is 3. The largest absolute Gasteiger partial charge is 0.373 e. The number of carbonyl (C=O) groups excluding carboxylic acids is 3. The Kier molecular flexibility index (Phi) is 5.72. The molecule has 8 nitrogen and oxygen atoms in total. The fourth-order valence-corrected chi connectivity index (χ4v) is 4.85. The molecule has 2 aromatic rings. The molecule has 0 saturated carbocycles. The highest BCUT2D eigenvalue weighted by molar-refractivity contribution is 6.05. The van der Waals surface area contributed by atoms with Crippen molar-refractivity contribution in [2.45, 2.75) is 58.0 Å². The molecule has 3 aliphatic rings. The number of aromatic nitrogens is 1. The number of hydrogen-bond acceptors (Lipinski definition) is 6. The van der Waals surface area contributed by atoms with E-state index in [4.69, 9.17) is 4.74 Å². The van der Waals surface area contributed by atoms with Crippen LogP contribution in [0.15, 0.2) is 36.5 Å². The van der Waals surface area contributed by atoms with Gasteiger partial charge in [0, 0.05) is 49.9 Å². The number of piperidine rings is 1. The Labute approximate surface area is 192 Å². The second-order valence-electron chi connectivity index (χ2n) is 9.32. The van der Waals surface area contributed by atoms with Crippen LogP contribution >= 0.6 is 0 Å². The van der Waals surface area contributed by atoms with Crippen molar-refractivity contribution >= 4 is 17.7 Å². The summed E-state index contributed by atoms with van der Waals surface area (Å²) in [4.78, 5) is 45.1. The topological polar surface area (TPSA) is 91.8 Å². The maximum Gasteiger partial charge on any atom is 0.255 e. The smallest absolute Gasteiger partial charge is 0.255 e. The average molecular weight is 449 g/mol. The SMILES string of the molecule is CC(C)OC1CN(Cc2ccnc(-c3ccc4c(c3)CN(C3CCC(=O)NC3=O)C4=O)c2)C1. The molecule has 1 aromatic carbocycles. The minimum Gasteiger partial charge on any atom is -0.373 e. The van der Waals surface area contributed by atoms with Gasteiger partial charge in [-0.05, 0) is 55.7 Å². The lowest BCUT2D eigenvalue weighted by Crippen LogP contribution is -2.52. The van der Waals surface area contributed by atoms with Gasteiger partial charge >= 0.3 is 0 Å². The highest BCUT2D eigenvalue weighted by atomic mass is 16.5. The van der Waals surface area contributed by atoms with Gasteiger partial charge in [-0.3, -0.25) is 29.6 Å². The summed E-state index contributed by atoms with van der Waals surface area (Å²) in [5.41, 5.74) is 4.47. The number of fused-ring (bicyclic) bond motifs is 1. The summed E-state index contributed by atoms with van der Waals surface area (Å²) in [7, 11) is 0. The van der Waals surface area contributed by atoms with E-state index in [0.717, 1.165) is 36.5 Å². The number of pyridine rings is 1. The van der Waals surface area contributed by atoms with E-state index in [1.807, 2.05) is 30.5 Å². The Balaban J connectivity index is 1.28. The first-order chi connectivity index (χ1) is 15.9. The molecule has 2 fully saturated rings. The van der Waals surface area contributed by atoms with Gasteiger partial charge in [0.05, 0.1) is 17.9 Å². The number of ether oxygens (including phenoxy) is 1. The van der Waals surface area contributed by atoms with Gasteiger partial charge in [-0.15, -0.1) is 0 Å². The van der Waals surface area contributed by atoms with Crippen LogP contribution in [0, 0.1) is 0 Å². The molecule has 172 valence electrons. The van der Waals surface area contributed by atoms with Crippen molar-refractivity contribution in [1.82, 2.24) is 20.1 Å². The molecule has 33 heavy (non-hydrogen) atoms. The molecule has 1 atom stereocenters. The lowest BCUT2D eigenvalue weighted by atomic mass is 10.0. The fourth-order valence-electron chi connectivity index (χ4n) is 4.85. The summed E-state index contributed by atoms with van der Waals surface area (Å²) in [5.74, 6) is -0.840. The summed E-state index contributed by atoms with van der Waals surface area (Å²) in [6.45, 7) is 7.21. The molecule has 8 heteroatoms. The van der Waals surface area contributed by atoms with Crippen LogP contribution in [0.2, 0.25) is 0 Å². The number of rotatable bonds is 6. The van der Waals surface area contributed by atoms with Gasteiger partial charge in [-0.25, -0.2) is 0 Å². The summed E-state index contributed by atoms with van der Waals surface area (Å²) in [5, 5.41) is 2.34. The number of imide groups is 1. The molecule has 1 N–H and O–H groups in total. The average Bonchev–Trinajstić information content (AvgIpc) is 3.08. The van der Waals surface area contributed by atoms with E-state index in [1.165, 1.54) is 5.56 Å². The van der Waals surface area contributed by atoms with E-state index < -0.39 is 11.9 Å². The Morgan fingerprint density at radius 2 is 1.97 bits per heavy atom. The monoisotopic (exact) mass is 448 g/mol. The van der Waals surface area contributed by atoms with Crippen molar-refractivity contribution in [3.8, 4) is 11.3 Å². The Bertz CT molecular complexity index is 1110. The Hall–Kier alpha value is -3.10. The predicted molar refractivity (Wildman–Crippen MR) is 121 cm³/mol. The van der Waals surface area contributed by atoms with Crippen LogP contribution in [0.25, 0.3) is 11.3 Å². The molecular weight excluding hydrogens is 420 g/mol. The fraction of sp³-hybridized carbons (Fsp3) is 0.440. The molecular formula is C25H28N4O4. The molecule has 1 aromatic heterocycles. The number of nitrogens with one attached hydrogen (secondary N) is 1. The first-order valence-corrected chi connectivity index (χ1v) is 11.5. The zero-order valence-corrected chi connectivity index (χ0v) is 18.9. The van der Waals surface area contributed by atoms with Crippen LogP contribution in [0.5, 0.6) is 0 Å². The molecule has 3 amide bonds. The second kappa shape index (κ2) is 8.68. The minimum absolute atomic E-state index is 0.163. The maximum absolute atomic E-state index is 12.9. The van der Waals surface area contributed by atoms with Gasteiger partial charge in [-0.1, -0.05) is 6.07 Å². The number of nitrogens with zero attached hydrogens (tertiary/aromatic N) is 3. The van der Waals surface area contributed by atoms with Gasteiger partial charge in [0.2, 0.25) is 11.8 Å². The first kappa shape index (κ1) is 21.7. The van der Waals surface area contributed by atoms with E-state index in [2.05, 4.69) is 35.1 Å². The molecule has 4 heterocycles. The van der Waals surface area contributed by atoms with Crippen molar-refractivity contribution in [2.24, 2.45) is 0 Å². The van der Waals surface area contributed by atoms with E-state index in [0.29, 0.717) is 24.6 Å². The van der Waals surface area contributed by atoms with Crippen molar-refractivity contribution in [2.75, 3.05) is 13.1 Å². The lowest BCUT2D eigenvalue weighted by molar-refractivity contribution is -0.136. The zero-order valence-electron chi connectivity index (χ0n) is 18.9. The van der Waals surface area contributed by atoms with E-state index in [1.54, 1.807) is 4.90 Å². The van der Waals surface area contributed by atoms with Crippen molar-refractivity contribution < 1.29 is 19.1 Å².